The van der Waals surface area contributed by atoms with Crippen LogP contribution in [0.1, 0.15) is 25.8 Å². The minimum absolute atomic E-state index is 0.0728. The number of ether oxygens (including phenoxy) is 3. The molecule has 1 N–H and O–H groups in total. The highest BCUT2D eigenvalue weighted by atomic mass is 35.5. The van der Waals surface area contributed by atoms with Crippen molar-refractivity contribution in [3.63, 3.8) is 0 Å². The van der Waals surface area contributed by atoms with Crippen molar-refractivity contribution in [2.75, 3.05) is 38.7 Å². The summed E-state index contributed by atoms with van der Waals surface area (Å²) in [5.41, 5.74) is 0.964. The van der Waals surface area contributed by atoms with Gasteiger partial charge in [-0.15, -0.1) is 0 Å². The van der Waals surface area contributed by atoms with Crippen LogP contribution < -0.4 is 23.8 Å². The van der Waals surface area contributed by atoms with Crippen LogP contribution in [0.2, 0.25) is 5.02 Å². The van der Waals surface area contributed by atoms with Gasteiger partial charge in [0.05, 0.1) is 31.9 Å². The molecule has 0 bridgehead atoms. The molecule has 0 fully saturated rings. The van der Waals surface area contributed by atoms with Gasteiger partial charge in [0.25, 0.3) is 10.0 Å². The number of hydrogen-bond donors (Lipinski definition) is 1. The highest BCUT2D eigenvalue weighted by Gasteiger charge is 2.34. The Balaban J connectivity index is 2.08. The van der Waals surface area contributed by atoms with Crippen LogP contribution in [-0.2, 0) is 26.2 Å². The molecule has 3 aromatic rings. The smallest absolute Gasteiger partial charge is 0.264 e. The van der Waals surface area contributed by atoms with Gasteiger partial charge in [0.2, 0.25) is 11.8 Å². The number of halogens is 1. The molecule has 0 saturated carbocycles. The minimum Gasteiger partial charge on any atom is -0.497 e. The van der Waals surface area contributed by atoms with Gasteiger partial charge < -0.3 is 24.4 Å². The zero-order valence-corrected chi connectivity index (χ0v) is 25.9. The molecule has 0 heterocycles. The van der Waals surface area contributed by atoms with Crippen LogP contribution in [0, 0.1) is 0 Å². The number of sulfonamides is 1. The van der Waals surface area contributed by atoms with E-state index in [0.717, 1.165) is 9.87 Å². The van der Waals surface area contributed by atoms with E-state index in [-0.39, 0.29) is 28.8 Å². The summed E-state index contributed by atoms with van der Waals surface area (Å²) in [6, 6.07) is 16.6. The van der Waals surface area contributed by atoms with Crippen molar-refractivity contribution in [1.29, 1.82) is 0 Å². The van der Waals surface area contributed by atoms with E-state index >= 15 is 0 Å². The van der Waals surface area contributed by atoms with Crippen LogP contribution in [0.15, 0.2) is 71.6 Å². The van der Waals surface area contributed by atoms with Crippen LogP contribution in [0.3, 0.4) is 0 Å². The second-order valence-electron chi connectivity index (χ2n) is 9.19. The summed E-state index contributed by atoms with van der Waals surface area (Å²) in [6.07, 6.45) is 0.317. The van der Waals surface area contributed by atoms with E-state index in [2.05, 4.69) is 5.32 Å². The Hall–Kier alpha value is -3.96. The van der Waals surface area contributed by atoms with Crippen molar-refractivity contribution < 1.29 is 32.2 Å². The largest absolute Gasteiger partial charge is 0.497 e. The summed E-state index contributed by atoms with van der Waals surface area (Å²) in [5, 5.41) is 3.18. The van der Waals surface area contributed by atoms with E-state index < -0.39 is 28.5 Å². The first-order valence-electron chi connectivity index (χ1n) is 13.3. The Bertz CT molecular complexity index is 1470. The average molecular weight is 618 g/mol. The third-order valence-corrected chi connectivity index (χ3v) is 8.61. The van der Waals surface area contributed by atoms with E-state index in [0.29, 0.717) is 29.5 Å². The molecule has 0 radical (unpaired) electrons. The number of likely N-dealkylation sites (N-methyl/N-ethyl adjacent to an activating group) is 1. The first-order chi connectivity index (χ1) is 20.1. The zero-order chi connectivity index (χ0) is 30.9. The molecule has 10 nitrogen and oxygen atoms in total. The maximum absolute atomic E-state index is 14.1. The summed E-state index contributed by atoms with van der Waals surface area (Å²) in [6.45, 7) is 3.46. The fourth-order valence-corrected chi connectivity index (χ4v) is 5.94. The first-order valence-corrected chi connectivity index (χ1v) is 15.1. The summed E-state index contributed by atoms with van der Waals surface area (Å²) in [7, 11) is 0.0912. The Morgan fingerprint density at radius 2 is 1.52 bits per heavy atom. The molecule has 0 aliphatic carbocycles. The van der Waals surface area contributed by atoms with Crippen molar-refractivity contribution in [3.8, 4) is 17.2 Å². The Labute approximate surface area is 252 Å². The molecule has 12 heteroatoms. The molecule has 0 spiro atoms. The van der Waals surface area contributed by atoms with Crippen molar-refractivity contribution in [1.82, 2.24) is 10.2 Å². The molecular weight excluding hydrogens is 582 g/mol. The first kappa shape index (κ1) is 32.6. The highest BCUT2D eigenvalue weighted by Crippen LogP contribution is 2.33. The number of amides is 2. The summed E-state index contributed by atoms with van der Waals surface area (Å²) >= 11 is 6.09. The number of carbonyl (C=O) groups is 2. The molecule has 0 aromatic heterocycles. The van der Waals surface area contributed by atoms with Crippen molar-refractivity contribution in [2.45, 2.75) is 37.8 Å². The van der Waals surface area contributed by atoms with E-state index in [1.54, 1.807) is 45.2 Å². The van der Waals surface area contributed by atoms with Crippen molar-refractivity contribution in [2.24, 2.45) is 0 Å². The predicted octanol–water partition coefficient (Wildman–Crippen LogP) is 4.50. The van der Waals surface area contributed by atoms with Crippen molar-refractivity contribution >= 4 is 39.1 Å². The Kier molecular flexibility index (Phi) is 11.5. The third-order valence-electron chi connectivity index (χ3n) is 6.59. The average Bonchev–Trinajstić information content (AvgIpc) is 3.00. The number of carbonyl (C=O) groups excluding carboxylic acids is 2. The molecule has 0 aliphatic rings. The number of methoxy groups -OCH3 is 3. The zero-order valence-electron chi connectivity index (χ0n) is 24.3. The number of hydrogen-bond acceptors (Lipinski definition) is 7. The lowest BCUT2D eigenvalue weighted by Crippen LogP contribution is -2.52. The molecule has 3 aromatic carbocycles. The molecule has 3 rings (SSSR count). The monoisotopic (exact) mass is 617 g/mol. The molecule has 0 aliphatic heterocycles. The SMILES string of the molecule is CCNC(=O)[C@@H](CC)N(Cc1ccc(OC)cc1)C(=O)CN(c1ccc(Cl)cc1)S(=O)(=O)c1ccc(OC)c(OC)c1. The van der Waals surface area contributed by atoms with E-state index in [4.69, 9.17) is 25.8 Å². The van der Waals surface area contributed by atoms with Gasteiger partial charge in [-0.3, -0.25) is 13.9 Å². The Morgan fingerprint density at radius 3 is 2.07 bits per heavy atom. The highest BCUT2D eigenvalue weighted by molar-refractivity contribution is 7.92. The van der Waals surface area contributed by atoms with Gasteiger partial charge in [0.1, 0.15) is 18.3 Å². The topological polar surface area (TPSA) is 114 Å². The predicted molar refractivity (Wildman–Crippen MR) is 162 cm³/mol. The fourth-order valence-electron chi connectivity index (χ4n) is 4.38. The quantitative estimate of drug-likeness (QED) is 0.283. The van der Waals surface area contributed by atoms with Gasteiger partial charge >= 0.3 is 0 Å². The number of nitrogens with zero attached hydrogens (tertiary/aromatic N) is 2. The molecule has 226 valence electrons. The molecule has 2 amide bonds. The van der Waals surface area contributed by atoms with E-state index in [1.807, 2.05) is 0 Å². The number of benzene rings is 3. The number of anilines is 1. The maximum atomic E-state index is 14.1. The lowest BCUT2D eigenvalue weighted by atomic mass is 10.1. The van der Waals surface area contributed by atoms with E-state index in [9.17, 15) is 18.0 Å². The molecule has 1 atom stereocenters. The van der Waals surface area contributed by atoms with Gasteiger partial charge in [-0.1, -0.05) is 30.7 Å². The lowest BCUT2D eigenvalue weighted by Gasteiger charge is -2.33. The summed E-state index contributed by atoms with van der Waals surface area (Å²) in [4.78, 5) is 28.4. The van der Waals surface area contributed by atoms with Crippen LogP contribution in [0.5, 0.6) is 17.2 Å². The van der Waals surface area contributed by atoms with Crippen LogP contribution in [-0.4, -0.2) is 65.6 Å². The molecule has 0 saturated heterocycles. The van der Waals surface area contributed by atoms with Gasteiger partial charge in [-0.2, -0.15) is 0 Å². The van der Waals surface area contributed by atoms with Crippen molar-refractivity contribution in [3.05, 3.63) is 77.3 Å². The van der Waals surface area contributed by atoms with E-state index in [1.165, 1.54) is 61.6 Å². The number of nitrogens with one attached hydrogen (secondary N) is 1. The Morgan fingerprint density at radius 1 is 0.881 bits per heavy atom. The van der Waals surface area contributed by atoms with Gasteiger partial charge in [-0.25, -0.2) is 8.42 Å². The second-order valence-corrected chi connectivity index (χ2v) is 11.5. The minimum atomic E-state index is -4.31. The van der Waals surface area contributed by atoms with Gasteiger partial charge in [0.15, 0.2) is 11.5 Å². The summed E-state index contributed by atoms with van der Waals surface area (Å²) in [5.74, 6) is 0.307. The third kappa shape index (κ3) is 7.65. The van der Waals surface area contributed by atoms with Gasteiger partial charge in [-0.05, 0) is 67.4 Å². The molecule has 42 heavy (non-hydrogen) atoms. The standard InChI is InChI=1S/C30H36ClN3O7S/c1-6-26(30(36)32-7-2)33(19-21-8-14-24(39-3)15-9-21)29(35)20-34(23-12-10-22(31)11-13-23)42(37,38)25-16-17-27(40-4)28(18-25)41-5/h8-18,26H,6-7,19-20H2,1-5H3,(H,32,36)/t26-/m1/s1. The van der Waals surface area contributed by atoms with Crippen LogP contribution >= 0.6 is 11.6 Å². The normalized spacial score (nSPS) is 11.8. The maximum Gasteiger partial charge on any atom is 0.264 e. The van der Waals surface area contributed by atoms with Gasteiger partial charge in [0, 0.05) is 24.2 Å². The fraction of sp³-hybridized carbons (Fsp3) is 0.333. The number of rotatable bonds is 14. The summed E-state index contributed by atoms with van der Waals surface area (Å²) < 4.78 is 45.0. The molecule has 0 unspecified atom stereocenters. The second kappa shape index (κ2) is 14.8. The van der Waals surface area contributed by atoms with Crippen LogP contribution in [0.4, 0.5) is 5.69 Å². The molecular formula is C30H36ClN3O7S. The van der Waals surface area contributed by atoms with Crippen LogP contribution in [0.25, 0.3) is 0 Å². The lowest BCUT2D eigenvalue weighted by molar-refractivity contribution is -0.140.